The Balaban J connectivity index is 1.59. The van der Waals surface area contributed by atoms with E-state index in [2.05, 4.69) is 10.3 Å². The first-order valence-corrected chi connectivity index (χ1v) is 10.9. The van der Waals surface area contributed by atoms with E-state index in [1.54, 1.807) is 25.2 Å². The fourth-order valence-corrected chi connectivity index (χ4v) is 4.73. The topological polar surface area (TPSA) is 91.8 Å². The predicted molar refractivity (Wildman–Crippen MR) is 116 cm³/mol. The van der Waals surface area contributed by atoms with Gasteiger partial charge < -0.3 is 15.2 Å². The molecule has 2 aromatic rings. The van der Waals surface area contributed by atoms with Gasteiger partial charge in [0.25, 0.3) is 0 Å². The quantitative estimate of drug-likeness (QED) is 0.655. The van der Waals surface area contributed by atoms with Gasteiger partial charge in [-0.2, -0.15) is 0 Å². The summed E-state index contributed by atoms with van der Waals surface area (Å²) >= 11 is 1.61. The number of thiazole rings is 1. The molecule has 0 aliphatic carbocycles. The number of carbonyl (C=O) groups is 2. The van der Waals surface area contributed by atoms with Crippen molar-refractivity contribution >= 4 is 23.2 Å². The van der Waals surface area contributed by atoms with Gasteiger partial charge in [0.05, 0.1) is 27.7 Å². The van der Waals surface area contributed by atoms with Gasteiger partial charge in [0, 0.05) is 33.0 Å². The number of carbonyl (C=O) groups excluding carboxylic acids is 2. The smallest absolute Gasteiger partial charge is 0.302 e. The number of aryl methyl sites for hydroxylation is 1. The largest absolute Gasteiger partial charge is 0.461 e. The molecular formula is C22H29N3O4S. The Kier molecular flexibility index (Phi) is 6.90. The van der Waals surface area contributed by atoms with Crippen molar-refractivity contribution in [3.8, 4) is 10.4 Å². The number of benzene rings is 1. The minimum Gasteiger partial charge on any atom is -0.461 e. The van der Waals surface area contributed by atoms with Crippen molar-refractivity contribution in [2.75, 3.05) is 13.1 Å². The second kappa shape index (κ2) is 9.24. The molecular weight excluding hydrogens is 402 g/mol. The van der Waals surface area contributed by atoms with E-state index in [-0.39, 0.29) is 18.0 Å². The Hall–Kier alpha value is -2.29. The number of amides is 1. The van der Waals surface area contributed by atoms with Crippen LogP contribution in [0, 0.1) is 6.92 Å². The molecule has 0 radical (unpaired) electrons. The maximum atomic E-state index is 12.8. The van der Waals surface area contributed by atoms with Gasteiger partial charge in [-0.15, -0.1) is 11.3 Å². The Morgan fingerprint density at radius 3 is 2.70 bits per heavy atom. The van der Waals surface area contributed by atoms with E-state index in [0.717, 1.165) is 21.7 Å². The molecule has 0 saturated carbocycles. The number of esters is 1. The van der Waals surface area contributed by atoms with Gasteiger partial charge in [-0.05, 0) is 31.9 Å². The summed E-state index contributed by atoms with van der Waals surface area (Å²) in [4.78, 5) is 31.3. The van der Waals surface area contributed by atoms with E-state index in [4.69, 9.17) is 4.74 Å². The van der Waals surface area contributed by atoms with Crippen LogP contribution in [0.1, 0.15) is 38.4 Å². The van der Waals surface area contributed by atoms with Crippen molar-refractivity contribution in [2.45, 2.75) is 58.4 Å². The van der Waals surface area contributed by atoms with Crippen LogP contribution in [0.5, 0.6) is 0 Å². The molecule has 0 bridgehead atoms. The molecule has 0 spiro atoms. The molecule has 8 heteroatoms. The lowest BCUT2D eigenvalue weighted by Crippen LogP contribution is -2.45. The van der Waals surface area contributed by atoms with Crippen LogP contribution in [0.4, 0.5) is 0 Å². The highest BCUT2D eigenvalue weighted by molar-refractivity contribution is 7.13. The second-order valence-corrected chi connectivity index (χ2v) is 9.10. The lowest BCUT2D eigenvalue weighted by atomic mass is 10.0. The van der Waals surface area contributed by atoms with Gasteiger partial charge in [0.15, 0.2) is 0 Å². The highest BCUT2D eigenvalue weighted by Crippen LogP contribution is 2.28. The summed E-state index contributed by atoms with van der Waals surface area (Å²) < 4.78 is 5.19. The van der Waals surface area contributed by atoms with Gasteiger partial charge in [-0.25, -0.2) is 4.98 Å². The number of ether oxygens (including phenoxy) is 1. The molecule has 1 aliphatic heterocycles. The molecule has 1 aromatic heterocycles. The lowest BCUT2D eigenvalue weighted by Gasteiger charge is -2.26. The first-order valence-electron chi connectivity index (χ1n) is 10.1. The molecule has 1 aromatic carbocycles. The average Bonchev–Trinajstić information content (AvgIpc) is 3.21. The summed E-state index contributed by atoms with van der Waals surface area (Å²) in [7, 11) is 0. The summed E-state index contributed by atoms with van der Waals surface area (Å²) in [6.45, 7) is 8.04. The van der Waals surface area contributed by atoms with E-state index in [9.17, 15) is 14.7 Å². The summed E-state index contributed by atoms with van der Waals surface area (Å²) in [5.41, 5.74) is 4.01. The number of β-amino-alcohol motifs (C(OH)–C–C–N with tert-alkyl or cyclic N) is 1. The molecule has 1 fully saturated rings. The van der Waals surface area contributed by atoms with E-state index in [0.29, 0.717) is 26.1 Å². The van der Waals surface area contributed by atoms with Crippen molar-refractivity contribution in [3.63, 3.8) is 0 Å². The molecule has 2 heterocycles. The van der Waals surface area contributed by atoms with Gasteiger partial charge in [-0.1, -0.05) is 24.3 Å². The highest BCUT2D eigenvalue weighted by Gasteiger charge is 2.43. The molecule has 1 amide bonds. The molecule has 3 rings (SSSR count). The Morgan fingerprint density at radius 1 is 1.40 bits per heavy atom. The zero-order chi connectivity index (χ0) is 21.9. The fourth-order valence-electron chi connectivity index (χ4n) is 3.92. The average molecular weight is 432 g/mol. The van der Waals surface area contributed by atoms with Crippen LogP contribution in [-0.2, 0) is 20.9 Å². The van der Waals surface area contributed by atoms with E-state index >= 15 is 0 Å². The standard InChI is InChI=1S/C22H29N3O4S/c1-14(29-16(3)26)11-25-12-22(4,28)9-19(25)21(27)23-10-17-5-7-18(8-6-17)20-15(2)24-13-30-20/h5-8,13-14,19,28H,9-12H2,1-4H3,(H,23,27). The predicted octanol–water partition coefficient (Wildman–Crippen LogP) is 2.51. The first-order chi connectivity index (χ1) is 14.1. The van der Waals surface area contributed by atoms with Gasteiger partial charge in [-0.3, -0.25) is 14.5 Å². The van der Waals surface area contributed by atoms with Crippen molar-refractivity contribution in [2.24, 2.45) is 0 Å². The number of aliphatic hydroxyl groups is 1. The zero-order valence-electron chi connectivity index (χ0n) is 17.8. The van der Waals surface area contributed by atoms with Crippen molar-refractivity contribution < 1.29 is 19.4 Å². The molecule has 3 atom stereocenters. The second-order valence-electron chi connectivity index (χ2n) is 8.25. The van der Waals surface area contributed by atoms with Crippen LogP contribution in [0.25, 0.3) is 10.4 Å². The van der Waals surface area contributed by atoms with Gasteiger partial charge in [0.2, 0.25) is 5.91 Å². The summed E-state index contributed by atoms with van der Waals surface area (Å²) in [5.74, 6) is -0.489. The third-order valence-electron chi connectivity index (χ3n) is 5.21. The van der Waals surface area contributed by atoms with Crippen molar-refractivity contribution in [1.82, 2.24) is 15.2 Å². The van der Waals surface area contributed by atoms with Crippen molar-refractivity contribution in [1.29, 1.82) is 0 Å². The molecule has 1 saturated heterocycles. The van der Waals surface area contributed by atoms with Crippen LogP contribution < -0.4 is 5.32 Å². The molecule has 30 heavy (non-hydrogen) atoms. The first kappa shape index (κ1) is 22.4. The summed E-state index contributed by atoms with van der Waals surface area (Å²) in [6, 6.07) is 7.61. The molecule has 162 valence electrons. The third-order valence-corrected chi connectivity index (χ3v) is 6.19. The normalized spacial score (nSPS) is 22.6. The number of nitrogens with zero attached hydrogens (tertiary/aromatic N) is 2. The lowest BCUT2D eigenvalue weighted by molar-refractivity contribution is -0.146. The number of hydrogen-bond donors (Lipinski definition) is 2. The van der Waals surface area contributed by atoms with Crippen LogP contribution in [-0.4, -0.2) is 57.7 Å². The summed E-state index contributed by atoms with van der Waals surface area (Å²) in [6.07, 6.45) is -0.00989. The maximum Gasteiger partial charge on any atom is 0.302 e. The Labute approximate surface area is 181 Å². The van der Waals surface area contributed by atoms with E-state index in [1.165, 1.54) is 6.92 Å². The van der Waals surface area contributed by atoms with Gasteiger partial charge in [0.1, 0.15) is 6.10 Å². The minimum atomic E-state index is -0.952. The maximum absolute atomic E-state index is 12.8. The monoisotopic (exact) mass is 431 g/mol. The van der Waals surface area contributed by atoms with Crippen molar-refractivity contribution in [3.05, 3.63) is 41.0 Å². The highest BCUT2D eigenvalue weighted by atomic mass is 32.1. The Bertz CT molecular complexity index is 894. The number of likely N-dealkylation sites (tertiary alicyclic amines) is 1. The zero-order valence-corrected chi connectivity index (χ0v) is 18.7. The van der Waals surface area contributed by atoms with Crippen LogP contribution in [0.3, 0.4) is 0 Å². The number of hydrogen-bond acceptors (Lipinski definition) is 7. The fraction of sp³-hybridized carbons (Fsp3) is 0.500. The third kappa shape index (κ3) is 5.65. The molecule has 7 nitrogen and oxygen atoms in total. The number of nitrogens with one attached hydrogen (secondary N) is 1. The SMILES string of the molecule is CC(=O)OC(C)CN1CC(C)(O)CC1C(=O)NCc1ccc(-c2scnc2C)cc1. The Morgan fingerprint density at radius 2 is 2.10 bits per heavy atom. The molecule has 3 unspecified atom stereocenters. The van der Waals surface area contributed by atoms with Gasteiger partial charge >= 0.3 is 5.97 Å². The molecule has 1 aliphatic rings. The van der Waals surface area contributed by atoms with Crippen LogP contribution in [0.2, 0.25) is 0 Å². The molecule has 2 N–H and O–H groups in total. The van der Waals surface area contributed by atoms with Crippen LogP contribution >= 0.6 is 11.3 Å². The summed E-state index contributed by atoms with van der Waals surface area (Å²) in [5, 5.41) is 13.5. The minimum absolute atomic E-state index is 0.134. The number of aromatic nitrogens is 1. The van der Waals surface area contributed by atoms with E-state index < -0.39 is 11.6 Å². The number of rotatable bonds is 7. The van der Waals surface area contributed by atoms with E-state index in [1.807, 2.05) is 41.6 Å². The van der Waals surface area contributed by atoms with Crippen LogP contribution in [0.15, 0.2) is 29.8 Å².